The van der Waals surface area contributed by atoms with E-state index in [1.807, 2.05) is 0 Å². The number of likely N-dealkylation sites (N-methyl/N-ethyl adjacent to an activating group) is 1. The summed E-state index contributed by atoms with van der Waals surface area (Å²) in [6.07, 6.45) is 0.369. The Kier molecular flexibility index (Phi) is 6.58. The normalized spacial score (nSPS) is 18.0. The van der Waals surface area contributed by atoms with Gasteiger partial charge < -0.3 is 14.7 Å². The first-order valence-corrected chi connectivity index (χ1v) is 11.6. The maximum atomic E-state index is 13.0. The van der Waals surface area contributed by atoms with Gasteiger partial charge >= 0.3 is 5.97 Å². The summed E-state index contributed by atoms with van der Waals surface area (Å²) in [4.78, 5) is 27.0. The number of benzene rings is 2. The van der Waals surface area contributed by atoms with Crippen molar-refractivity contribution in [3.8, 4) is 0 Å². The highest BCUT2D eigenvalue weighted by atomic mass is 32.2. The van der Waals surface area contributed by atoms with Crippen molar-refractivity contribution in [2.24, 2.45) is 0 Å². The van der Waals surface area contributed by atoms with Crippen LogP contribution >= 0.6 is 0 Å². The number of ether oxygens (including phenoxy) is 1. The van der Waals surface area contributed by atoms with E-state index in [0.29, 0.717) is 24.1 Å². The Hall–Kier alpha value is -2.71. The number of hydrogen-bond acceptors (Lipinski definition) is 6. The minimum absolute atomic E-state index is 0.0446. The third-order valence-corrected chi connectivity index (χ3v) is 7.07. The molecule has 0 aromatic heterocycles. The molecule has 2 aromatic carbocycles. The molecule has 1 unspecified atom stereocenters. The number of aliphatic hydroxyl groups is 1. The van der Waals surface area contributed by atoms with E-state index in [1.165, 1.54) is 4.90 Å². The van der Waals surface area contributed by atoms with Gasteiger partial charge in [0.2, 0.25) is 5.60 Å². The number of carbonyl (C=O) groups excluding carboxylic acids is 2. The first-order chi connectivity index (χ1) is 14.3. The van der Waals surface area contributed by atoms with Crippen molar-refractivity contribution in [3.05, 3.63) is 71.8 Å². The van der Waals surface area contributed by atoms with Crippen LogP contribution in [0.1, 0.15) is 24.5 Å². The van der Waals surface area contributed by atoms with Gasteiger partial charge in [0.25, 0.3) is 5.91 Å². The summed E-state index contributed by atoms with van der Waals surface area (Å²) in [5.41, 5.74) is -1.43. The fourth-order valence-electron chi connectivity index (χ4n) is 3.74. The van der Waals surface area contributed by atoms with Crippen LogP contribution in [0.4, 0.5) is 0 Å². The van der Waals surface area contributed by atoms with E-state index < -0.39 is 40.0 Å². The molecular weight excluding hydrogens is 406 g/mol. The van der Waals surface area contributed by atoms with Crippen molar-refractivity contribution < 1.29 is 27.9 Å². The second-order valence-electron chi connectivity index (χ2n) is 7.26. The van der Waals surface area contributed by atoms with Gasteiger partial charge in [0.15, 0.2) is 16.4 Å². The summed E-state index contributed by atoms with van der Waals surface area (Å²) >= 11 is 0. The van der Waals surface area contributed by atoms with Crippen molar-refractivity contribution in [2.75, 3.05) is 24.7 Å². The Morgan fingerprint density at radius 3 is 2.03 bits per heavy atom. The zero-order chi connectivity index (χ0) is 21.8. The molecule has 1 fully saturated rings. The maximum absolute atomic E-state index is 13.0. The molecule has 0 radical (unpaired) electrons. The molecule has 0 saturated carbocycles. The van der Waals surface area contributed by atoms with Crippen LogP contribution in [-0.2, 0) is 29.8 Å². The van der Waals surface area contributed by atoms with E-state index in [0.717, 1.165) is 0 Å². The Balaban J connectivity index is 1.77. The summed E-state index contributed by atoms with van der Waals surface area (Å²) in [7, 11) is -3.15. The van der Waals surface area contributed by atoms with E-state index in [-0.39, 0.29) is 11.5 Å². The lowest BCUT2D eigenvalue weighted by Crippen LogP contribution is -2.45. The average Bonchev–Trinajstić information content (AvgIpc) is 3.12. The molecule has 8 heteroatoms. The van der Waals surface area contributed by atoms with Crippen molar-refractivity contribution >= 4 is 21.7 Å². The molecule has 1 saturated heterocycles. The van der Waals surface area contributed by atoms with Gasteiger partial charge in [-0.1, -0.05) is 60.7 Å². The smallest absolute Gasteiger partial charge is 0.348 e. The molecule has 0 aliphatic carbocycles. The van der Waals surface area contributed by atoms with E-state index in [1.54, 1.807) is 67.6 Å². The standard InChI is InChI=1S/C22H25NO6S/c1-2-23(19-13-14-30(27,28)16-19)20(24)15-29-21(25)22(26,17-9-5-3-6-10-17)18-11-7-4-8-12-18/h3-12,19,26H,2,13-16H2,1H3. The second kappa shape index (κ2) is 8.97. The van der Waals surface area contributed by atoms with Gasteiger partial charge in [0.1, 0.15) is 0 Å². The molecule has 160 valence electrons. The molecule has 1 heterocycles. The first kappa shape index (κ1) is 22.0. The van der Waals surface area contributed by atoms with E-state index in [9.17, 15) is 23.1 Å². The van der Waals surface area contributed by atoms with E-state index in [4.69, 9.17) is 4.74 Å². The van der Waals surface area contributed by atoms with Gasteiger partial charge in [-0.3, -0.25) is 4.79 Å². The number of nitrogens with zero attached hydrogens (tertiary/aromatic N) is 1. The lowest BCUT2D eigenvalue weighted by Gasteiger charge is -2.29. The SMILES string of the molecule is CCN(C(=O)COC(=O)C(O)(c1ccccc1)c1ccccc1)C1CCS(=O)(=O)C1. The lowest BCUT2D eigenvalue weighted by molar-refractivity contribution is -0.166. The van der Waals surface area contributed by atoms with Gasteiger partial charge in [-0.25, -0.2) is 13.2 Å². The number of carbonyl (C=O) groups is 2. The summed E-state index contributed by atoms with van der Waals surface area (Å²) in [5, 5.41) is 11.3. The van der Waals surface area contributed by atoms with Crippen molar-refractivity contribution in [1.82, 2.24) is 4.90 Å². The van der Waals surface area contributed by atoms with E-state index in [2.05, 4.69) is 0 Å². The Labute approximate surface area is 176 Å². The molecule has 3 rings (SSSR count). The number of amides is 1. The average molecular weight is 432 g/mol. The Morgan fingerprint density at radius 2 is 1.60 bits per heavy atom. The summed E-state index contributed by atoms with van der Waals surface area (Å²) in [5.74, 6) is -1.50. The van der Waals surface area contributed by atoms with Crippen LogP contribution in [0, 0.1) is 0 Å². The molecule has 1 aliphatic heterocycles. The fraction of sp³-hybridized carbons (Fsp3) is 0.364. The highest BCUT2D eigenvalue weighted by molar-refractivity contribution is 7.91. The highest BCUT2D eigenvalue weighted by Crippen LogP contribution is 2.31. The molecular formula is C22H25NO6S. The number of rotatable bonds is 7. The number of sulfone groups is 1. The third kappa shape index (κ3) is 4.55. The molecule has 0 bridgehead atoms. The van der Waals surface area contributed by atoms with Crippen LogP contribution in [0.2, 0.25) is 0 Å². The Bertz CT molecular complexity index is 951. The zero-order valence-electron chi connectivity index (χ0n) is 16.7. The largest absolute Gasteiger partial charge is 0.453 e. The zero-order valence-corrected chi connectivity index (χ0v) is 17.5. The van der Waals surface area contributed by atoms with Crippen molar-refractivity contribution in [2.45, 2.75) is 25.0 Å². The third-order valence-electron chi connectivity index (χ3n) is 5.32. The van der Waals surface area contributed by atoms with Gasteiger partial charge in [0, 0.05) is 12.6 Å². The monoisotopic (exact) mass is 431 g/mol. The molecule has 2 aromatic rings. The van der Waals surface area contributed by atoms with Gasteiger partial charge in [-0.15, -0.1) is 0 Å². The lowest BCUT2D eigenvalue weighted by atomic mass is 9.86. The molecule has 0 spiro atoms. The minimum Gasteiger partial charge on any atom is -0.453 e. The fourth-order valence-corrected chi connectivity index (χ4v) is 5.47. The van der Waals surface area contributed by atoms with Gasteiger partial charge in [-0.05, 0) is 24.5 Å². The number of esters is 1. The van der Waals surface area contributed by atoms with Crippen molar-refractivity contribution in [3.63, 3.8) is 0 Å². The predicted molar refractivity (Wildman–Crippen MR) is 111 cm³/mol. The van der Waals surface area contributed by atoms with Crippen LogP contribution in [0.15, 0.2) is 60.7 Å². The topological polar surface area (TPSA) is 101 Å². The van der Waals surface area contributed by atoms with Crippen LogP contribution in [-0.4, -0.2) is 61.0 Å². The summed E-state index contributed by atoms with van der Waals surface area (Å²) in [6, 6.07) is 16.3. The summed E-state index contributed by atoms with van der Waals surface area (Å²) < 4.78 is 28.7. The highest BCUT2D eigenvalue weighted by Gasteiger charge is 2.42. The first-order valence-electron chi connectivity index (χ1n) is 9.78. The minimum atomic E-state index is -3.15. The van der Waals surface area contributed by atoms with Crippen LogP contribution < -0.4 is 0 Å². The quantitative estimate of drug-likeness (QED) is 0.667. The van der Waals surface area contributed by atoms with Gasteiger partial charge in [0.05, 0.1) is 11.5 Å². The van der Waals surface area contributed by atoms with Gasteiger partial charge in [-0.2, -0.15) is 0 Å². The molecule has 1 amide bonds. The number of hydrogen-bond donors (Lipinski definition) is 1. The molecule has 1 atom stereocenters. The maximum Gasteiger partial charge on any atom is 0.348 e. The van der Waals surface area contributed by atoms with Crippen LogP contribution in [0.5, 0.6) is 0 Å². The molecule has 1 N–H and O–H groups in total. The molecule has 30 heavy (non-hydrogen) atoms. The van der Waals surface area contributed by atoms with Crippen LogP contribution in [0.25, 0.3) is 0 Å². The summed E-state index contributed by atoms with van der Waals surface area (Å²) in [6.45, 7) is 1.47. The Morgan fingerprint density at radius 1 is 1.07 bits per heavy atom. The van der Waals surface area contributed by atoms with E-state index >= 15 is 0 Å². The second-order valence-corrected chi connectivity index (χ2v) is 9.48. The predicted octanol–water partition coefficient (Wildman–Crippen LogP) is 1.50. The molecule has 7 nitrogen and oxygen atoms in total. The molecule has 1 aliphatic rings. The van der Waals surface area contributed by atoms with Crippen molar-refractivity contribution in [1.29, 1.82) is 0 Å². The van der Waals surface area contributed by atoms with Crippen LogP contribution in [0.3, 0.4) is 0 Å².